The molecule has 40 heavy (non-hydrogen) atoms. The van der Waals surface area contributed by atoms with Gasteiger partial charge in [-0.1, -0.05) is 42.5 Å². The van der Waals surface area contributed by atoms with Gasteiger partial charge in [-0.2, -0.15) is 0 Å². The number of allylic oxidation sites excluding steroid dienone is 1. The molecule has 0 saturated carbocycles. The fourth-order valence-corrected chi connectivity index (χ4v) is 3.98. The van der Waals surface area contributed by atoms with Gasteiger partial charge in [0.2, 0.25) is 0 Å². The van der Waals surface area contributed by atoms with Gasteiger partial charge in [-0.25, -0.2) is 0 Å². The van der Waals surface area contributed by atoms with Crippen LogP contribution < -0.4 is 23.7 Å². The number of benzene rings is 4. The molecular weight excluding hydrogens is 504 g/mol. The molecule has 0 spiro atoms. The van der Waals surface area contributed by atoms with Crippen LogP contribution in [-0.4, -0.2) is 26.1 Å². The highest BCUT2D eigenvalue weighted by Gasteiger charge is 2.13. The third-order valence-corrected chi connectivity index (χ3v) is 6.03. The Morgan fingerprint density at radius 2 is 1.27 bits per heavy atom. The number of hydrogen-bond donors (Lipinski definition) is 0. The molecule has 0 unspecified atom stereocenters. The van der Waals surface area contributed by atoms with E-state index in [1.807, 2.05) is 86.6 Å². The van der Waals surface area contributed by atoms with Gasteiger partial charge in [0.1, 0.15) is 42.0 Å². The Morgan fingerprint density at radius 3 is 2.00 bits per heavy atom. The first-order valence-electron chi connectivity index (χ1n) is 13.3. The lowest BCUT2D eigenvalue weighted by Gasteiger charge is -2.13. The molecule has 0 N–H and O–H groups in total. The molecule has 206 valence electrons. The van der Waals surface area contributed by atoms with E-state index in [4.69, 9.17) is 23.7 Å². The zero-order chi connectivity index (χ0) is 28.2. The number of carbonyl (C=O) groups excluding carboxylic acids is 1. The van der Waals surface area contributed by atoms with Gasteiger partial charge >= 0.3 is 0 Å². The summed E-state index contributed by atoms with van der Waals surface area (Å²) in [6.07, 6.45) is 3.27. The molecule has 6 nitrogen and oxygen atoms in total. The largest absolute Gasteiger partial charge is 0.497 e. The normalized spacial score (nSPS) is 10.8. The minimum Gasteiger partial charge on any atom is -0.497 e. The van der Waals surface area contributed by atoms with Crippen LogP contribution >= 0.6 is 0 Å². The summed E-state index contributed by atoms with van der Waals surface area (Å²) in [6, 6.07) is 28.5. The molecule has 0 aliphatic heterocycles. The molecule has 4 rings (SSSR count). The van der Waals surface area contributed by atoms with E-state index in [2.05, 4.69) is 0 Å². The van der Waals surface area contributed by atoms with Crippen molar-refractivity contribution in [2.75, 3.05) is 20.3 Å². The predicted molar refractivity (Wildman–Crippen MR) is 157 cm³/mol. The molecule has 0 bridgehead atoms. The zero-order valence-corrected chi connectivity index (χ0v) is 23.1. The minimum absolute atomic E-state index is 0.183. The van der Waals surface area contributed by atoms with E-state index in [-0.39, 0.29) is 5.78 Å². The van der Waals surface area contributed by atoms with Crippen LogP contribution in [0.25, 0.3) is 6.08 Å². The molecule has 4 aromatic carbocycles. The van der Waals surface area contributed by atoms with Crippen LogP contribution in [0.2, 0.25) is 0 Å². The molecule has 0 atom stereocenters. The summed E-state index contributed by atoms with van der Waals surface area (Å²) >= 11 is 0. The van der Waals surface area contributed by atoms with E-state index in [9.17, 15) is 4.79 Å². The van der Waals surface area contributed by atoms with Crippen LogP contribution in [0, 0.1) is 0 Å². The number of hydrogen-bond acceptors (Lipinski definition) is 6. The highest BCUT2D eigenvalue weighted by molar-refractivity contribution is 6.08. The predicted octanol–water partition coefficient (Wildman–Crippen LogP) is 7.55. The molecular formula is C34H34O6. The van der Waals surface area contributed by atoms with Gasteiger partial charge in [-0.15, -0.1) is 0 Å². The lowest BCUT2D eigenvalue weighted by atomic mass is 10.1. The first-order valence-corrected chi connectivity index (χ1v) is 13.3. The first-order chi connectivity index (χ1) is 19.6. The molecule has 6 heteroatoms. The Bertz CT molecular complexity index is 1410. The summed E-state index contributed by atoms with van der Waals surface area (Å²) in [5.41, 5.74) is 3.26. The van der Waals surface area contributed by atoms with Crippen molar-refractivity contribution >= 4 is 11.9 Å². The van der Waals surface area contributed by atoms with Gasteiger partial charge in [-0.3, -0.25) is 4.79 Å². The molecule has 4 aromatic rings. The summed E-state index contributed by atoms with van der Waals surface area (Å²) in [5, 5.41) is 0. The number of methoxy groups -OCH3 is 1. The van der Waals surface area contributed by atoms with Gasteiger partial charge < -0.3 is 23.7 Å². The Morgan fingerprint density at radius 1 is 0.650 bits per heavy atom. The average Bonchev–Trinajstić information content (AvgIpc) is 2.99. The quantitative estimate of drug-likeness (QED) is 0.122. The summed E-state index contributed by atoms with van der Waals surface area (Å²) in [4.78, 5) is 13.2. The Hall–Kier alpha value is -4.71. The molecule has 0 amide bonds. The molecule has 0 fully saturated rings. The van der Waals surface area contributed by atoms with Crippen molar-refractivity contribution in [3.05, 3.63) is 119 Å². The Balaban J connectivity index is 1.56. The average molecular weight is 539 g/mol. The summed E-state index contributed by atoms with van der Waals surface area (Å²) < 4.78 is 28.8. The summed E-state index contributed by atoms with van der Waals surface area (Å²) in [7, 11) is 1.64. The maximum atomic E-state index is 13.2. The smallest absolute Gasteiger partial charge is 0.189 e. The molecule has 0 radical (unpaired) electrons. The second-order valence-electron chi connectivity index (χ2n) is 8.83. The number of carbonyl (C=O) groups is 1. The van der Waals surface area contributed by atoms with Gasteiger partial charge in [0.05, 0.1) is 25.9 Å². The van der Waals surface area contributed by atoms with E-state index in [1.165, 1.54) is 6.08 Å². The van der Waals surface area contributed by atoms with Crippen LogP contribution in [0.15, 0.2) is 97.1 Å². The maximum Gasteiger partial charge on any atom is 0.189 e. The lowest BCUT2D eigenvalue weighted by molar-refractivity contribution is 0.104. The van der Waals surface area contributed by atoms with Crippen LogP contribution in [0.3, 0.4) is 0 Å². The van der Waals surface area contributed by atoms with Crippen LogP contribution in [-0.2, 0) is 13.2 Å². The standard InChI is InChI=1S/C34H34O6/c1-4-37-29-18-19-31(34(22-29)38-5-2)32(35)20-14-27-13-17-30(39-23-25-9-7-6-8-10-25)21-33(27)40-24-26-11-15-28(36-3)16-12-26/h6-22H,4-5,23-24H2,1-3H3. The topological polar surface area (TPSA) is 63.2 Å². The van der Waals surface area contributed by atoms with Crippen molar-refractivity contribution in [2.24, 2.45) is 0 Å². The molecule has 0 aliphatic rings. The SMILES string of the molecule is CCOc1ccc(C(=O)C=Cc2ccc(OCc3ccccc3)cc2OCc2ccc(OC)cc2)c(OCC)c1. The summed E-state index contributed by atoms with van der Waals surface area (Å²) in [5.74, 6) is 3.01. The number of rotatable bonds is 14. The van der Waals surface area contributed by atoms with E-state index in [0.29, 0.717) is 55.0 Å². The van der Waals surface area contributed by atoms with Crippen molar-refractivity contribution in [2.45, 2.75) is 27.1 Å². The van der Waals surface area contributed by atoms with Crippen molar-refractivity contribution in [3.8, 4) is 28.7 Å². The van der Waals surface area contributed by atoms with E-state index < -0.39 is 0 Å². The molecule has 0 saturated heterocycles. The van der Waals surface area contributed by atoms with Crippen molar-refractivity contribution in [1.29, 1.82) is 0 Å². The second-order valence-corrected chi connectivity index (χ2v) is 8.83. The zero-order valence-electron chi connectivity index (χ0n) is 23.1. The van der Waals surface area contributed by atoms with Crippen LogP contribution in [0.5, 0.6) is 28.7 Å². The number of ketones is 1. The Labute approximate surface area is 235 Å². The fourth-order valence-electron chi connectivity index (χ4n) is 3.98. The third-order valence-electron chi connectivity index (χ3n) is 6.03. The number of ether oxygens (including phenoxy) is 5. The fraction of sp³-hybridized carbons (Fsp3) is 0.206. The van der Waals surface area contributed by atoms with E-state index >= 15 is 0 Å². The molecule has 0 aliphatic carbocycles. The van der Waals surface area contributed by atoms with Crippen LogP contribution in [0.4, 0.5) is 0 Å². The van der Waals surface area contributed by atoms with E-state index in [1.54, 1.807) is 31.4 Å². The second kappa shape index (κ2) is 14.4. The minimum atomic E-state index is -0.183. The molecule has 0 heterocycles. The third kappa shape index (κ3) is 7.90. The first kappa shape index (κ1) is 28.3. The maximum absolute atomic E-state index is 13.2. The highest BCUT2D eigenvalue weighted by atomic mass is 16.5. The summed E-state index contributed by atoms with van der Waals surface area (Å²) in [6.45, 7) is 5.54. The van der Waals surface area contributed by atoms with Gasteiger partial charge in [-0.05, 0) is 73.5 Å². The van der Waals surface area contributed by atoms with E-state index in [0.717, 1.165) is 22.4 Å². The highest BCUT2D eigenvalue weighted by Crippen LogP contribution is 2.30. The molecule has 0 aromatic heterocycles. The van der Waals surface area contributed by atoms with Crippen molar-refractivity contribution in [3.63, 3.8) is 0 Å². The van der Waals surface area contributed by atoms with Gasteiger partial charge in [0.25, 0.3) is 0 Å². The monoisotopic (exact) mass is 538 g/mol. The van der Waals surface area contributed by atoms with Crippen molar-refractivity contribution in [1.82, 2.24) is 0 Å². The van der Waals surface area contributed by atoms with Gasteiger partial charge in [0.15, 0.2) is 5.78 Å². The van der Waals surface area contributed by atoms with Gasteiger partial charge in [0, 0.05) is 17.7 Å². The Kier molecular flexibility index (Phi) is 10.2. The van der Waals surface area contributed by atoms with Crippen LogP contribution in [0.1, 0.15) is 40.9 Å². The lowest BCUT2D eigenvalue weighted by Crippen LogP contribution is -2.03. The van der Waals surface area contributed by atoms with Crippen molar-refractivity contribution < 1.29 is 28.5 Å².